The molecule has 0 aliphatic carbocycles. The maximum Gasteiger partial charge on any atom is 0.266 e. The Hall–Kier alpha value is -1.76. The van der Waals surface area contributed by atoms with Crippen molar-refractivity contribution >= 4 is 12.2 Å². The van der Waals surface area contributed by atoms with Crippen molar-refractivity contribution in [2.75, 3.05) is 0 Å². The average Bonchev–Trinajstić information content (AvgIpc) is 2.74. The van der Waals surface area contributed by atoms with Crippen molar-refractivity contribution in [2.45, 2.75) is 40.3 Å². The van der Waals surface area contributed by atoms with Gasteiger partial charge in [0, 0.05) is 19.2 Å². The van der Waals surface area contributed by atoms with Crippen LogP contribution in [-0.2, 0) is 13.1 Å². The predicted molar refractivity (Wildman–Crippen MR) is 80.0 cm³/mol. The fourth-order valence-electron chi connectivity index (χ4n) is 1.99. The molecule has 108 valence electrons. The van der Waals surface area contributed by atoms with Crippen LogP contribution in [0.2, 0.25) is 0 Å². The van der Waals surface area contributed by atoms with Crippen molar-refractivity contribution in [1.82, 2.24) is 24.5 Å². The maximum atomic E-state index is 11.7. The topological polar surface area (TPSA) is 68.5 Å². The molecular formula is C13H19N5OS. The Kier molecular flexibility index (Phi) is 4.49. The molecule has 0 spiro atoms. The van der Waals surface area contributed by atoms with Crippen LogP contribution in [-0.4, -0.2) is 24.5 Å². The van der Waals surface area contributed by atoms with E-state index in [4.69, 9.17) is 12.2 Å². The van der Waals surface area contributed by atoms with Crippen LogP contribution in [0.15, 0.2) is 16.9 Å². The van der Waals surface area contributed by atoms with Gasteiger partial charge in [0.15, 0.2) is 10.6 Å². The first-order valence-corrected chi connectivity index (χ1v) is 7.17. The van der Waals surface area contributed by atoms with E-state index in [0.717, 1.165) is 13.0 Å². The van der Waals surface area contributed by atoms with Gasteiger partial charge in [0.2, 0.25) is 0 Å². The summed E-state index contributed by atoms with van der Waals surface area (Å²) in [6, 6.07) is 3.21. The molecule has 6 nitrogen and oxygen atoms in total. The summed E-state index contributed by atoms with van der Waals surface area (Å²) in [5.41, 5.74) is 0.561. The monoisotopic (exact) mass is 293 g/mol. The van der Waals surface area contributed by atoms with Crippen molar-refractivity contribution < 1.29 is 0 Å². The van der Waals surface area contributed by atoms with Crippen LogP contribution in [0.3, 0.4) is 0 Å². The quantitative estimate of drug-likeness (QED) is 0.858. The number of hydrogen-bond acceptors (Lipinski definition) is 4. The molecule has 0 saturated carbocycles. The first-order chi connectivity index (χ1) is 9.52. The minimum Gasteiger partial charge on any atom is -0.299 e. The van der Waals surface area contributed by atoms with Crippen LogP contribution < -0.4 is 5.56 Å². The van der Waals surface area contributed by atoms with Gasteiger partial charge in [0.05, 0.1) is 0 Å². The van der Waals surface area contributed by atoms with Gasteiger partial charge in [-0.15, -0.1) is 0 Å². The zero-order valence-electron chi connectivity index (χ0n) is 12.0. The summed E-state index contributed by atoms with van der Waals surface area (Å²) in [5, 5.41) is 11.4. The lowest BCUT2D eigenvalue weighted by Gasteiger charge is -2.10. The molecule has 2 heterocycles. The lowest BCUT2D eigenvalue weighted by Crippen LogP contribution is -2.22. The SMILES string of the molecule is CCCn1nc(-c2n[nH]c(=S)n2CC(C)C)ccc1=O. The second kappa shape index (κ2) is 6.13. The number of hydrogen-bond donors (Lipinski definition) is 1. The van der Waals surface area contributed by atoms with Crippen molar-refractivity contribution in [2.24, 2.45) is 5.92 Å². The van der Waals surface area contributed by atoms with Crippen LogP contribution in [0.5, 0.6) is 0 Å². The van der Waals surface area contributed by atoms with Crippen LogP contribution in [0.25, 0.3) is 11.5 Å². The van der Waals surface area contributed by atoms with Crippen LogP contribution in [0, 0.1) is 10.7 Å². The van der Waals surface area contributed by atoms with Crippen LogP contribution >= 0.6 is 12.2 Å². The number of aromatic amines is 1. The third-order valence-corrected chi connectivity index (χ3v) is 3.15. The van der Waals surface area contributed by atoms with E-state index in [9.17, 15) is 4.79 Å². The lowest BCUT2D eigenvalue weighted by atomic mass is 10.2. The molecule has 0 aromatic carbocycles. The van der Waals surface area contributed by atoms with Gasteiger partial charge in [0.1, 0.15) is 5.69 Å². The number of nitrogens with one attached hydrogen (secondary N) is 1. The molecule has 2 rings (SSSR count). The summed E-state index contributed by atoms with van der Waals surface area (Å²) in [6.45, 7) is 7.60. The van der Waals surface area contributed by atoms with Crippen LogP contribution in [0.1, 0.15) is 27.2 Å². The van der Waals surface area contributed by atoms with E-state index < -0.39 is 0 Å². The van der Waals surface area contributed by atoms with Gasteiger partial charge in [-0.05, 0) is 30.6 Å². The van der Waals surface area contributed by atoms with E-state index in [1.807, 2.05) is 11.5 Å². The standard InChI is InChI=1S/C13H19N5OS/c1-4-7-18-11(19)6-5-10(16-18)12-14-15-13(20)17(12)8-9(2)3/h5-6,9H,4,7-8H2,1-3H3,(H,15,20). The minimum absolute atomic E-state index is 0.0971. The predicted octanol–water partition coefficient (Wildman–Crippen LogP) is 2.23. The van der Waals surface area contributed by atoms with E-state index in [-0.39, 0.29) is 5.56 Å². The van der Waals surface area contributed by atoms with Crippen LogP contribution in [0.4, 0.5) is 0 Å². The molecule has 0 unspecified atom stereocenters. The normalized spacial score (nSPS) is 11.2. The highest BCUT2D eigenvalue weighted by Gasteiger charge is 2.12. The number of aromatic nitrogens is 5. The Morgan fingerprint density at radius 3 is 2.80 bits per heavy atom. The molecule has 0 aliphatic heterocycles. The number of H-pyrrole nitrogens is 1. The van der Waals surface area contributed by atoms with Crippen molar-refractivity contribution in [3.05, 3.63) is 27.3 Å². The summed E-state index contributed by atoms with van der Waals surface area (Å²) >= 11 is 5.25. The molecular weight excluding hydrogens is 274 g/mol. The first-order valence-electron chi connectivity index (χ1n) is 6.76. The molecule has 0 saturated heterocycles. The summed E-state index contributed by atoms with van der Waals surface area (Å²) in [5.74, 6) is 1.12. The highest BCUT2D eigenvalue weighted by atomic mass is 32.1. The fraction of sp³-hybridized carbons (Fsp3) is 0.538. The Bertz CT molecular complexity index is 697. The Labute approximate surface area is 122 Å². The molecule has 0 fully saturated rings. The van der Waals surface area contributed by atoms with E-state index in [2.05, 4.69) is 29.1 Å². The van der Waals surface area contributed by atoms with Gasteiger partial charge >= 0.3 is 0 Å². The minimum atomic E-state index is -0.0971. The largest absolute Gasteiger partial charge is 0.299 e. The van der Waals surface area contributed by atoms with Crippen molar-refractivity contribution in [1.29, 1.82) is 0 Å². The van der Waals surface area contributed by atoms with Gasteiger partial charge in [-0.3, -0.25) is 14.5 Å². The number of aryl methyl sites for hydroxylation is 1. The van der Waals surface area contributed by atoms with Gasteiger partial charge in [0.25, 0.3) is 5.56 Å². The molecule has 0 aliphatic rings. The molecule has 0 radical (unpaired) electrons. The van der Waals surface area contributed by atoms with E-state index in [0.29, 0.717) is 28.8 Å². The molecule has 7 heteroatoms. The second-order valence-electron chi connectivity index (χ2n) is 5.14. The molecule has 2 aromatic rings. The summed E-state index contributed by atoms with van der Waals surface area (Å²) in [7, 11) is 0. The lowest BCUT2D eigenvalue weighted by molar-refractivity contribution is 0.518. The third-order valence-electron chi connectivity index (χ3n) is 2.84. The highest BCUT2D eigenvalue weighted by molar-refractivity contribution is 7.71. The summed E-state index contributed by atoms with van der Waals surface area (Å²) in [6.07, 6.45) is 0.856. The third kappa shape index (κ3) is 3.04. The second-order valence-corrected chi connectivity index (χ2v) is 5.52. The molecule has 0 amide bonds. The zero-order chi connectivity index (χ0) is 14.7. The fourth-order valence-corrected chi connectivity index (χ4v) is 2.19. The molecule has 0 atom stereocenters. The van der Waals surface area contributed by atoms with E-state index in [1.54, 1.807) is 6.07 Å². The van der Waals surface area contributed by atoms with E-state index >= 15 is 0 Å². The Morgan fingerprint density at radius 1 is 1.40 bits per heavy atom. The highest BCUT2D eigenvalue weighted by Crippen LogP contribution is 2.14. The molecule has 1 N–H and O–H groups in total. The average molecular weight is 293 g/mol. The van der Waals surface area contributed by atoms with Crippen molar-refractivity contribution in [3.8, 4) is 11.5 Å². The molecule has 20 heavy (non-hydrogen) atoms. The number of rotatable bonds is 5. The van der Waals surface area contributed by atoms with Gasteiger partial charge < -0.3 is 0 Å². The Balaban J connectivity index is 2.49. The van der Waals surface area contributed by atoms with Crippen molar-refractivity contribution in [3.63, 3.8) is 0 Å². The first kappa shape index (κ1) is 14.6. The number of nitrogens with zero attached hydrogens (tertiary/aromatic N) is 4. The van der Waals surface area contributed by atoms with E-state index in [1.165, 1.54) is 10.7 Å². The molecule has 0 bridgehead atoms. The summed E-state index contributed by atoms with van der Waals surface area (Å²) < 4.78 is 3.96. The Morgan fingerprint density at radius 2 is 2.15 bits per heavy atom. The molecule has 2 aromatic heterocycles. The zero-order valence-corrected chi connectivity index (χ0v) is 12.8. The summed E-state index contributed by atoms with van der Waals surface area (Å²) in [4.78, 5) is 11.7. The maximum absolute atomic E-state index is 11.7. The van der Waals surface area contributed by atoms with Gasteiger partial charge in [-0.25, -0.2) is 4.68 Å². The smallest absolute Gasteiger partial charge is 0.266 e. The van der Waals surface area contributed by atoms with Gasteiger partial charge in [-0.1, -0.05) is 20.8 Å². The van der Waals surface area contributed by atoms with Gasteiger partial charge in [-0.2, -0.15) is 10.2 Å².